The quantitative estimate of drug-likeness (QED) is 0.901. The maximum atomic E-state index is 4.96. The summed E-state index contributed by atoms with van der Waals surface area (Å²) in [6.07, 6.45) is 6.70. The molecule has 5 nitrogen and oxygen atoms in total. The Hall–Kier alpha value is -1.40. The van der Waals surface area contributed by atoms with Crippen molar-refractivity contribution in [3.8, 4) is 0 Å². The highest BCUT2D eigenvalue weighted by atomic mass is 32.1. The van der Waals surface area contributed by atoms with Crippen LogP contribution in [0.25, 0.3) is 0 Å². The lowest BCUT2D eigenvalue weighted by Crippen LogP contribution is -2.26. The molecule has 0 unspecified atom stereocenters. The highest BCUT2D eigenvalue weighted by Gasteiger charge is 2.26. The number of imidazole rings is 1. The first-order chi connectivity index (χ1) is 11.3. The van der Waals surface area contributed by atoms with Crippen LogP contribution in [0, 0.1) is 0 Å². The first-order valence-corrected chi connectivity index (χ1v) is 9.56. The SMILES string of the molecule is CN(C)c1ncc(CNC[C@H]2CCCn3cc(C(C)(C)C)nc32)s1. The minimum Gasteiger partial charge on any atom is -0.354 e. The molecule has 0 saturated heterocycles. The first-order valence-electron chi connectivity index (χ1n) is 8.75. The lowest BCUT2D eigenvalue weighted by molar-refractivity contribution is 0.423. The third-order valence-corrected chi connectivity index (χ3v) is 5.67. The average Bonchev–Trinajstić information content (AvgIpc) is 3.13. The summed E-state index contributed by atoms with van der Waals surface area (Å²) in [6, 6.07) is 0. The lowest BCUT2D eigenvalue weighted by Gasteiger charge is -2.23. The van der Waals surface area contributed by atoms with Gasteiger partial charge < -0.3 is 14.8 Å². The Morgan fingerprint density at radius 1 is 1.38 bits per heavy atom. The van der Waals surface area contributed by atoms with Crippen molar-refractivity contribution in [2.24, 2.45) is 0 Å². The Morgan fingerprint density at radius 3 is 2.83 bits per heavy atom. The number of fused-ring (bicyclic) bond motifs is 1. The molecule has 0 bridgehead atoms. The number of thiazole rings is 1. The minimum atomic E-state index is 0.119. The summed E-state index contributed by atoms with van der Waals surface area (Å²) in [5, 5.41) is 4.68. The second-order valence-electron chi connectivity index (χ2n) is 7.90. The van der Waals surface area contributed by atoms with Crippen molar-refractivity contribution in [2.75, 3.05) is 25.5 Å². The van der Waals surface area contributed by atoms with Crippen LogP contribution in [0.15, 0.2) is 12.4 Å². The van der Waals surface area contributed by atoms with Crippen LogP contribution in [-0.4, -0.2) is 35.2 Å². The van der Waals surface area contributed by atoms with Crippen LogP contribution in [0.1, 0.15) is 55.9 Å². The van der Waals surface area contributed by atoms with E-state index in [9.17, 15) is 0 Å². The second-order valence-corrected chi connectivity index (χ2v) is 9.00. The smallest absolute Gasteiger partial charge is 0.185 e. The maximum Gasteiger partial charge on any atom is 0.185 e. The average molecular weight is 348 g/mol. The lowest BCUT2D eigenvalue weighted by atomic mass is 9.93. The molecule has 1 N–H and O–H groups in total. The van der Waals surface area contributed by atoms with Gasteiger partial charge in [-0.05, 0) is 12.8 Å². The van der Waals surface area contributed by atoms with Crippen molar-refractivity contribution >= 4 is 16.5 Å². The Bertz CT molecular complexity index is 680. The van der Waals surface area contributed by atoms with Crippen molar-refractivity contribution in [3.05, 3.63) is 28.8 Å². The Labute approximate surface area is 149 Å². The van der Waals surface area contributed by atoms with Crippen molar-refractivity contribution in [2.45, 2.75) is 58.0 Å². The van der Waals surface area contributed by atoms with Crippen molar-refractivity contribution in [1.82, 2.24) is 19.9 Å². The molecule has 132 valence electrons. The van der Waals surface area contributed by atoms with E-state index < -0.39 is 0 Å². The molecule has 6 heteroatoms. The first kappa shape index (κ1) is 17.4. The van der Waals surface area contributed by atoms with Crippen molar-refractivity contribution in [3.63, 3.8) is 0 Å². The zero-order chi connectivity index (χ0) is 17.3. The van der Waals surface area contributed by atoms with Crippen LogP contribution in [0.2, 0.25) is 0 Å². The summed E-state index contributed by atoms with van der Waals surface area (Å²) in [5.41, 5.74) is 1.33. The Morgan fingerprint density at radius 2 is 2.17 bits per heavy atom. The summed E-state index contributed by atoms with van der Waals surface area (Å²) < 4.78 is 2.37. The number of rotatable bonds is 5. The molecule has 2 aromatic rings. The van der Waals surface area contributed by atoms with Crippen molar-refractivity contribution in [1.29, 1.82) is 0 Å². The van der Waals surface area contributed by atoms with Gasteiger partial charge in [-0.25, -0.2) is 9.97 Å². The summed E-state index contributed by atoms with van der Waals surface area (Å²) in [6.45, 7) is 9.68. The molecular weight excluding hydrogens is 318 g/mol. The summed E-state index contributed by atoms with van der Waals surface area (Å²) >= 11 is 1.75. The van der Waals surface area contributed by atoms with E-state index in [1.807, 2.05) is 20.3 Å². The third-order valence-electron chi connectivity index (χ3n) is 4.51. The van der Waals surface area contributed by atoms with Crippen LogP contribution >= 0.6 is 11.3 Å². The van der Waals surface area contributed by atoms with E-state index in [1.54, 1.807) is 11.3 Å². The molecule has 1 aliphatic heterocycles. The largest absolute Gasteiger partial charge is 0.354 e. The molecule has 0 aliphatic carbocycles. The van der Waals surface area contributed by atoms with Gasteiger partial charge in [0.15, 0.2) is 5.13 Å². The zero-order valence-electron chi connectivity index (χ0n) is 15.5. The highest BCUT2D eigenvalue weighted by Crippen LogP contribution is 2.30. The number of nitrogens with one attached hydrogen (secondary N) is 1. The number of aryl methyl sites for hydroxylation is 1. The van der Waals surface area contributed by atoms with Crippen LogP contribution in [0.4, 0.5) is 5.13 Å². The van der Waals surface area contributed by atoms with Gasteiger partial charge in [-0.2, -0.15) is 0 Å². The molecule has 0 aromatic carbocycles. The molecule has 1 aliphatic rings. The number of nitrogens with zero attached hydrogens (tertiary/aromatic N) is 4. The fourth-order valence-electron chi connectivity index (χ4n) is 3.08. The predicted molar refractivity (Wildman–Crippen MR) is 101 cm³/mol. The molecule has 0 amide bonds. The molecule has 0 fully saturated rings. The van der Waals surface area contributed by atoms with Gasteiger partial charge in [0.1, 0.15) is 5.82 Å². The van der Waals surface area contributed by atoms with E-state index in [1.165, 1.54) is 29.2 Å². The zero-order valence-corrected chi connectivity index (χ0v) is 16.3. The molecule has 3 heterocycles. The van der Waals surface area contributed by atoms with Gasteiger partial charge in [-0.1, -0.05) is 20.8 Å². The molecular formula is C18H29N5S. The number of anilines is 1. The minimum absolute atomic E-state index is 0.119. The van der Waals surface area contributed by atoms with Gasteiger partial charge in [-0.15, -0.1) is 11.3 Å². The molecule has 0 spiro atoms. The van der Waals surface area contributed by atoms with E-state index in [-0.39, 0.29) is 5.41 Å². The molecule has 0 saturated carbocycles. The number of hydrogen-bond acceptors (Lipinski definition) is 5. The van der Waals surface area contributed by atoms with E-state index in [0.717, 1.165) is 24.8 Å². The second kappa shape index (κ2) is 6.84. The van der Waals surface area contributed by atoms with Gasteiger partial charge in [0.25, 0.3) is 0 Å². The van der Waals surface area contributed by atoms with Crippen LogP contribution < -0.4 is 10.2 Å². The van der Waals surface area contributed by atoms with Crippen LogP contribution in [0.3, 0.4) is 0 Å². The Kier molecular flexibility index (Phi) is 4.97. The third kappa shape index (κ3) is 3.81. The van der Waals surface area contributed by atoms with Crippen molar-refractivity contribution < 1.29 is 0 Å². The predicted octanol–water partition coefficient (Wildman–Crippen LogP) is 3.37. The topological polar surface area (TPSA) is 46.0 Å². The number of aromatic nitrogens is 3. The van der Waals surface area contributed by atoms with Gasteiger partial charge in [0.2, 0.25) is 0 Å². The molecule has 3 rings (SSSR count). The van der Waals surface area contributed by atoms with Crippen LogP contribution in [-0.2, 0) is 18.5 Å². The summed E-state index contributed by atoms with van der Waals surface area (Å²) in [4.78, 5) is 12.7. The van der Waals surface area contributed by atoms with Gasteiger partial charge in [0.05, 0.1) is 5.69 Å². The highest BCUT2D eigenvalue weighted by molar-refractivity contribution is 7.15. The van der Waals surface area contributed by atoms with E-state index in [2.05, 4.69) is 46.7 Å². The van der Waals surface area contributed by atoms with E-state index in [4.69, 9.17) is 4.98 Å². The summed E-state index contributed by atoms with van der Waals surface area (Å²) in [5.74, 6) is 1.77. The normalized spacial score (nSPS) is 17.8. The summed E-state index contributed by atoms with van der Waals surface area (Å²) in [7, 11) is 4.06. The molecule has 0 radical (unpaired) electrons. The molecule has 2 aromatic heterocycles. The van der Waals surface area contributed by atoms with Gasteiger partial charge >= 0.3 is 0 Å². The van der Waals surface area contributed by atoms with E-state index >= 15 is 0 Å². The standard InChI is InChI=1S/C18H29N5S/c1-18(2,3)15-12-23-8-6-7-13(16(23)21-15)9-19-10-14-11-20-17(24-14)22(4)5/h11-13,19H,6-10H2,1-5H3/t13-/m1/s1. The van der Waals surface area contributed by atoms with Gasteiger partial charge in [-0.3, -0.25) is 0 Å². The fourth-order valence-corrected chi connectivity index (χ4v) is 3.88. The van der Waals surface area contributed by atoms with E-state index in [0.29, 0.717) is 5.92 Å². The fraction of sp³-hybridized carbons (Fsp3) is 0.667. The molecule has 1 atom stereocenters. The monoisotopic (exact) mass is 347 g/mol. The van der Waals surface area contributed by atoms with Gasteiger partial charge in [0, 0.05) is 62.3 Å². The van der Waals surface area contributed by atoms with Crippen LogP contribution in [0.5, 0.6) is 0 Å². The maximum absolute atomic E-state index is 4.96. The molecule has 24 heavy (non-hydrogen) atoms. The Balaban J connectivity index is 1.61. The number of hydrogen-bond donors (Lipinski definition) is 1.